The zero-order valence-electron chi connectivity index (χ0n) is 14.6. The summed E-state index contributed by atoms with van der Waals surface area (Å²) >= 11 is 11.8. The van der Waals surface area contributed by atoms with E-state index in [1.165, 1.54) is 12.3 Å². The molecule has 0 atom stereocenters. The van der Waals surface area contributed by atoms with E-state index in [1.807, 2.05) is 30.3 Å². The molecule has 3 aromatic rings. The van der Waals surface area contributed by atoms with Crippen molar-refractivity contribution in [3.05, 3.63) is 69.7 Å². The summed E-state index contributed by atoms with van der Waals surface area (Å²) < 4.78 is 10.7. The third kappa shape index (κ3) is 4.15. The van der Waals surface area contributed by atoms with Gasteiger partial charge in [-0.1, -0.05) is 35.3 Å². The second-order valence-corrected chi connectivity index (χ2v) is 6.41. The Morgan fingerprint density at radius 1 is 1.00 bits per heavy atom. The van der Waals surface area contributed by atoms with Gasteiger partial charge in [0.05, 0.1) is 30.5 Å². The molecule has 0 bridgehead atoms. The van der Waals surface area contributed by atoms with Crippen LogP contribution in [0.2, 0.25) is 10.0 Å². The largest absolute Gasteiger partial charge is 0.497 e. The molecular weight excluding hydrogens is 387 g/mol. The predicted molar refractivity (Wildman–Crippen MR) is 109 cm³/mol. The lowest BCUT2D eigenvalue weighted by molar-refractivity contribution is 0.0955. The van der Waals surface area contributed by atoms with Crippen molar-refractivity contribution < 1.29 is 14.3 Å². The number of halogens is 2. The fourth-order valence-electron chi connectivity index (χ4n) is 2.60. The van der Waals surface area contributed by atoms with Crippen molar-refractivity contribution in [2.24, 2.45) is 5.10 Å². The summed E-state index contributed by atoms with van der Waals surface area (Å²) in [6, 6.07) is 14.1. The minimum Gasteiger partial charge on any atom is -0.497 e. The minimum absolute atomic E-state index is 0.302. The summed E-state index contributed by atoms with van der Waals surface area (Å²) in [6.45, 7) is 0. The highest BCUT2D eigenvalue weighted by molar-refractivity contribution is 6.42. The first kappa shape index (κ1) is 19.0. The van der Waals surface area contributed by atoms with Crippen LogP contribution in [0.15, 0.2) is 53.6 Å². The van der Waals surface area contributed by atoms with Crippen molar-refractivity contribution in [1.29, 1.82) is 0 Å². The smallest absolute Gasteiger partial charge is 0.271 e. The Balaban J connectivity index is 1.90. The second-order valence-electron chi connectivity index (χ2n) is 5.60. The van der Waals surface area contributed by atoms with Gasteiger partial charge in [-0.25, -0.2) is 5.43 Å². The number of carbonyl (C=O) groups is 1. The molecular formula is C20H16Cl2N2O3. The summed E-state index contributed by atoms with van der Waals surface area (Å²) in [4.78, 5) is 12.2. The number of hydrogen-bond acceptors (Lipinski definition) is 4. The predicted octanol–water partition coefficient (Wildman–Crippen LogP) is 4.93. The summed E-state index contributed by atoms with van der Waals surface area (Å²) in [5.74, 6) is 0.940. The average Bonchev–Trinajstić information content (AvgIpc) is 2.69. The maximum atomic E-state index is 12.2. The fourth-order valence-corrected chi connectivity index (χ4v) is 2.90. The van der Waals surface area contributed by atoms with Crippen molar-refractivity contribution >= 4 is 46.1 Å². The summed E-state index contributed by atoms with van der Waals surface area (Å²) in [7, 11) is 3.18. The number of methoxy groups -OCH3 is 2. The Bertz CT molecular complexity index is 1030. The molecule has 0 aliphatic heterocycles. The molecule has 1 N–H and O–H groups in total. The Labute approximate surface area is 166 Å². The average molecular weight is 403 g/mol. The van der Waals surface area contributed by atoms with Crippen LogP contribution in [0.1, 0.15) is 15.9 Å². The van der Waals surface area contributed by atoms with Crippen LogP contribution in [-0.2, 0) is 0 Å². The molecule has 7 heteroatoms. The molecule has 0 heterocycles. The highest BCUT2D eigenvalue weighted by Gasteiger charge is 2.09. The summed E-state index contributed by atoms with van der Waals surface area (Å²) in [5, 5.41) is 6.63. The minimum atomic E-state index is -0.401. The van der Waals surface area contributed by atoms with Crippen molar-refractivity contribution in [2.75, 3.05) is 14.2 Å². The number of nitrogens with zero attached hydrogens (tertiary/aromatic N) is 1. The van der Waals surface area contributed by atoms with E-state index in [-0.39, 0.29) is 0 Å². The van der Waals surface area contributed by atoms with Crippen LogP contribution in [0.4, 0.5) is 0 Å². The van der Waals surface area contributed by atoms with Crippen molar-refractivity contribution in [2.45, 2.75) is 0 Å². The molecule has 3 rings (SSSR count). The number of amides is 1. The lowest BCUT2D eigenvalue weighted by Gasteiger charge is -2.10. The van der Waals surface area contributed by atoms with E-state index >= 15 is 0 Å². The maximum absolute atomic E-state index is 12.2. The molecule has 0 aromatic heterocycles. The van der Waals surface area contributed by atoms with Gasteiger partial charge >= 0.3 is 0 Å². The van der Waals surface area contributed by atoms with Gasteiger partial charge in [-0.3, -0.25) is 4.79 Å². The number of fused-ring (bicyclic) bond motifs is 1. The normalized spacial score (nSPS) is 11.0. The van der Waals surface area contributed by atoms with Crippen LogP contribution >= 0.6 is 23.2 Å². The van der Waals surface area contributed by atoms with Crippen molar-refractivity contribution in [3.8, 4) is 11.5 Å². The quantitative estimate of drug-likeness (QED) is 0.486. The zero-order chi connectivity index (χ0) is 19.4. The lowest BCUT2D eigenvalue weighted by atomic mass is 10.0. The van der Waals surface area contributed by atoms with Gasteiger partial charge in [0.25, 0.3) is 5.91 Å². The monoisotopic (exact) mass is 402 g/mol. The molecule has 3 aromatic carbocycles. The molecule has 138 valence electrons. The molecule has 0 saturated heterocycles. The maximum Gasteiger partial charge on any atom is 0.271 e. The Morgan fingerprint density at radius 3 is 2.48 bits per heavy atom. The van der Waals surface area contributed by atoms with E-state index in [1.54, 1.807) is 26.4 Å². The molecule has 1 amide bonds. The number of hydrogen-bond donors (Lipinski definition) is 1. The molecule has 0 spiro atoms. The van der Waals surface area contributed by atoms with E-state index in [0.717, 1.165) is 16.3 Å². The van der Waals surface area contributed by atoms with E-state index in [0.29, 0.717) is 27.1 Å². The van der Waals surface area contributed by atoms with Gasteiger partial charge in [0, 0.05) is 11.1 Å². The highest BCUT2D eigenvalue weighted by Crippen LogP contribution is 2.29. The fraction of sp³-hybridized carbons (Fsp3) is 0.100. The molecule has 0 aliphatic rings. The van der Waals surface area contributed by atoms with Crippen molar-refractivity contribution in [1.82, 2.24) is 5.43 Å². The molecule has 0 aliphatic carbocycles. The lowest BCUT2D eigenvalue weighted by Crippen LogP contribution is -2.17. The summed E-state index contributed by atoms with van der Waals surface area (Å²) in [6.07, 6.45) is 1.54. The third-order valence-electron chi connectivity index (χ3n) is 3.99. The van der Waals surface area contributed by atoms with Gasteiger partial charge in [0.2, 0.25) is 0 Å². The Hall–Kier alpha value is -2.76. The summed E-state index contributed by atoms with van der Waals surface area (Å²) in [5.41, 5.74) is 3.56. The third-order valence-corrected chi connectivity index (χ3v) is 4.73. The first-order valence-electron chi connectivity index (χ1n) is 7.96. The number of ether oxygens (including phenoxy) is 2. The van der Waals surface area contributed by atoms with Gasteiger partial charge in [-0.05, 0) is 47.2 Å². The molecule has 27 heavy (non-hydrogen) atoms. The Morgan fingerprint density at radius 2 is 1.78 bits per heavy atom. The zero-order valence-corrected chi connectivity index (χ0v) is 16.1. The number of rotatable bonds is 5. The van der Waals surface area contributed by atoms with Crippen molar-refractivity contribution in [3.63, 3.8) is 0 Å². The van der Waals surface area contributed by atoms with E-state index < -0.39 is 5.91 Å². The number of benzene rings is 3. The molecule has 5 nitrogen and oxygen atoms in total. The van der Waals surface area contributed by atoms with Gasteiger partial charge in [-0.15, -0.1) is 0 Å². The van der Waals surface area contributed by atoms with Gasteiger partial charge in [-0.2, -0.15) is 5.10 Å². The molecule has 0 saturated carbocycles. The van der Waals surface area contributed by atoms with Crippen LogP contribution < -0.4 is 14.9 Å². The van der Waals surface area contributed by atoms with Crippen LogP contribution in [0.5, 0.6) is 11.5 Å². The molecule has 0 fully saturated rings. The second kappa shape index (κ2) is 8.29. The van der Waals surface area contributed by atoms with E-state index in [9.17, 15) is 4.79 Å². The SMILES string of the molecule is COc1ccc2ccc(OC)c(/C=N\NC(=O)c3ccc(Cl)c(Cl)c3)c2c1. The standard InChI is InChI=1S/C20H16Cl2N2O3/c1-26-14-6-3-12-5-8-19(27-2)16(15(12)10-14)11-23-24-20(25)13-4-7-17(21)18(22)9-13/h3-11H,1-2H3,(H,24,25)/b23-11-. The van der Waals surface area contributed by atoms with Crippen LogP contribution in [0.25, 0.3) is 10.8 Å². The topological polar surface area (TPSA) is 59.9 Å². The number of hydrazone groups is 1. The van der Waals surface area contributed by atoms with Crippen LogP contribution in [0.3, 0.4) is 0 Å². The number of nitrogens with one attached hydrogen (secondary N) is 1. The van der Waals surface area contributed by atoms with Crippen LogP contribution in [0, 0.1) is 0 Å². The van der Waals surface area contributed by atoms with Gasteiger partial charge < -0.3 is 9.47 Å². The van der Waals surface area contributed by atoms with E-state index in [2.05, 4.69) is 10.5 Å². The van der Waals surface area contributed by atoms with E-state index in [4.69, 9.17) is 32.7 Å². The first-order valence-corrected chi connectivity index (χ1v) is 8.72. The van der Waals surface area contributed by atoms with Gasteiger partial charge in [0.15, 0.2) is 0 Å². The molecule has 0 radical (unpaired) electrons. The first-order chi connectivity index (χ1) is 13.0. The number of carbonyl (C=O) groups excluding carboxylic acids is 1. The van der Waals surface area contributed by atoms with Crippen LogP contribution in [-0.4, -0.2) is 26.3 Å². The Kier molecular flexibility index (Phi) is 5.84. The molecule has 0 unspecified atom stereocenters. The highest BCUT2D eigenvalue weighted by atomic mass is 35.5. The van der Waals surface area contributed by atoms with Gasteiger partial charge in [0.1, 0.15) is 11.5 Å².